The molecule has 1 aromatic rings. The van der Waals surface area contributed by atoms with Gasteiger partial charge in [-0.2, -0.15) is 0 Å². The number of hydrogen-bond donors (Lipinski definition) is 1. The summed E-state index contributed by atoms with van der Waals surface area (Å²) in [4.78, 5) is 48.0. The van der Waals surface area contributed by atoms with Gasteiger partial charge in [-0.1, -0.05) is 12.1 Å². The summed E-state index contributed by atoms with van der Waals surface area (Å²) in [5.41, 5.74) is 2.72. The maximum Gasteiger partial charge on any atom is 0.255 e. The minimum Gasteiger partial charge on any atom is -0.322 e. The van der Waals surface area contributed by atoms with Crippen molar-refractivity contribution in [2.45, 2.75) is 51.1 Å². The Bertz CT molecular complexity index is 698. The molecule has 6 heteroatoms. The van der Waals surface area contributed by atoms with Crippen molar-refractivity contribution >= 4 is 24.0 Å². The van der Waals surface area contributed by atoms with Crippen LogP contribution in [0.3, 0.4) is 0 Å². The van der Waals surface area contributed by atoms with E-state index in [0.717, 1.165) is 36.7 Å². The minimum absolute atomic E-state index is 0.144. The van der Waals surface area contributed by atoms with Crippen LogP contribution >= 0.6 is 0 Å². The van der Waals surface area contributed by atoms with Crippen molar-refractivity contribution in [3.8, 4) is 0 Å². The number of nitrogens with one attached hydrogen (secondary N) is 1. The van der Waals surface area contributed by atoms with Gasteiger partial charge >= 0.3 is 0 Å². The van der Waals surface area contributed by atoms with E-state index in [0.29, 0.717) is 24.9 Å². The number of fused-ring (bicyclic) bond motifs is 1. The first kappa shape index (κ1) is 16.4. The van der Waals surface area contributed by atoms with Crippen molar-refractivity contribution in [2.24, 2.45) is 0 Å². The fourth-order valence-corrected chi connectivity index (χ4v) is 3.43. The zero-order chi connectivity index (χ0) is 17.1. The molecule has 1 N–H and O–H groups in total. The number of aryl methyl sites for hydroxylation is 1. The topological polar surface area (TPSA) is 83.6 Å². The average molecular weight is 328 g/mol. The summed E-state index contributed by atoms with van der Waals surface area (Å²) in [6.07, 6.45) is 4.64. The Labute approximate surface area is 140 Å². The molecule has 126 valence electrons. The molecule has 2 aliphatic rings. The van der Waals surface area contributed by atoms with E-state index in [9.17, 15) is 19.2 Å². The summed E-state index contributed by atoms with van der Waals surface area (Å²) in [5.74, 6) is -0.814. The molecule has 0 bridgehead atoms. The first-order valence-corrected chi connectivity index (χ1v) is 8.31. The van der Waals surface area contributed by atoms with Gasteiger partial charge in [-0.15, -0.1) is 0 Å². The maximum atomic E-state index is 12.7. The molecule has 2 aliphatic heterocycles. The Kier molecular flexibility index (Phi) is 4.74. The molecule has 1 saturated heterocycles. The van der Waals surface area contributed by atoms with Crippen LogP contribution in [-0.2, 0) is 27.3 Å². The van der Waals surface area contributed by atoms with E-state index in [4.69, 9.17) is 0 Å². The quantitative estimate of drug-likeness (QED) is 0.485. The molecule has 0 aromatic heterocycles. The lowest BCUT2D eigenvalue weighted by Gasteiger charge is -2.29. The molecule has 0 spiro atoms. The second kappa shape index (κ2) is 6.95. The van der Waals surface area contributed by atoms with Gasteiger partial charge in [0.25, 0.3) is 5.91 Å². The highest BCUT2D eigenvalue weighted by atomic mass is 16.2. The van der Waals surface area contributed by atoms with Crippen molar-refractivity contribution < 1.29 is 19.2 Å². The van der Waals surface area contributed by atoms with Gasteiger partial charge < -0.3 is 9.69 Å². The number of piperidine rings is 1. The van der Waals surface area contributed by atoms with Gasteiger partial charge in [-0.3, -0.25) is 19.7 Å². The Morgan fingerprint density at radius 1 is 1.21 bits per heavy atom. The van der Waals surface area contributed by atoms with Crippen molar-refractivity contribution in [1.29, 1.82) is 0 Å². The molecular weight excluding hydrogens is 308 g/mol. The minimum atomic E-state index is -0.578. The highest BCUT2D eigenvalue weighted by Gasteiger charge is 2.39. The zero-order valence-corrected chi connectivity index (χ0v) is 13.4. The van der Waals surface area contributed by atoms with Gasteiger partial charge in [-0.05, 0) is 42.9 Å². The van der Waals surface area contributed by atoms with Crippen LogP contribution in [0.4, 0.5) is 0 Å². The summed E-state index contributed by atoms with van der Waals surface area (Å²) in [6.45, 7) is 0.407. The third-order valence-electron chi connectivity index (χ3n) is 4.70. The van der Waals surface area contributed by atoms with Gasteiger partial charge in [0.1, 0.15) is 12.3 Å². The average Bonchev–Trinajstić information content (AvgIpc) is 2.89. The molecule has 0 radical (unpaired) electrons. The van der Waals surface area contributed by atoms with Crippen LogP contribution in [0.2, 0.25) is 0 Å². The summed E-state index contributed by atoms with van der Waals surface area (Å²) >= 11 is 0. The van der Waals surface area contributed by atoms with Gasteiger partial charge in [-0.25, -0.2) is 0 Å². The van der Waals surface area contributed by atoms with E-state index in [1.54, 1.807) is 11.0 Å². The lowest BCUT2D eigenvalue weighted by molar-refractivity contribution is -0.136. The highest BCUT2D eigenvalue weighted by Crippen LogP contribution is 2.30. The number of amides is 3. The molecule has 1 atom stereocenters. The predicted octanol–water partition coefficient (Wildman–Crippen LogP) is 1.36. The van der Waals surface area contributed by atoms with E-state index in [1.807, 2.05) is 12.1 Å². The number of benzene rings is 1. The van der Waals surface area contributed by atoms with Gasteiger partial charge in [0.2, 0.25) is 11.8 Å². The fourth-order valence-electron chi connectivity index (χ4n) is 3.43. The van der Waals surface area contributed by atoms with Crippen molar-refractivity contribution in [2.75, 3.05) is 0 Å². The number of aldehydes is 1. The summed E-state index contributed by atoms with van der Waals surface area (Å²) < 4.78 is 0. The molecule has 1 fully saturated rings. The van der Waals surface area contributed by atoms with E-state index in [2.05, 4.69) is 5.32 Å². The fraction of sp³-hybridized carbons (Fsp3) is 0.444. The standard InChI is InChI=1S/C18H20N2O4/c21-10-3-1-2-5-12-6-4-7-13-14(12)11-20(18(13)24)15-8-9-16(22)19-17(15)23/h4,6-7,10,15H,1-3,5,8-9,11H2,(H,19,22,23). The summed E-state index contributed by atoms with van der Waals surface area (Å²) in [7, 11) is 0. The molecule has 2 heterocycles. The van der Waals surface area contributed by atoms with Crippen molar-refractivity contribution in [1.82, 2.24) is 10.2 Å². The molecule has 1 aromatic carbocycles. The van der Waals surface area contributed by atoms with Crippen LogP contribution in [0, 0.1) is 0 Å². The molecule has 6 nitrogen and oxygen atoms in total. The first-order valence-electron chi connectivity index (χ1n) is 8.31. The van der Waals surface area contributed by atoms with Gasteiger partial charge in [0.05, 0.1) is 0 Å². The zero-order valence-electron chi connectivity index (χ0n) is 13.4. The highest BCUT2D eigenvalue weighted by molar-refractivity contribution is 6.05. The smallest absolute Gasteiger partial charge is 0.255 e. The van der Waals surface area contributed by atoms with E-state index >= 15 is 0 Å². The molecular formula is C18H20N2O4. The van der Waals surface area contributed by atoms with Crippen LogP contribution in [0.25, 0.3) is 0 Å². The number of carbonyl (C=O) groups is 4. The molecule has 1 unspecified atom stereocenters. The largest absolute Gasteiger partial charge is 0.322 e. The molecule has 24 heavy (non-hydrogen) atoms. The summed E-state index contributed by atoms with van der Waals surface area (Å²) in [6, 6.07) is 5.07. The maximum absolute atomic E-state index is 12.7. The lowest BCUT2D eigenvalue weighted by atomic mass is 9.98. The van der Waals surface area contributed by atoms with E-state index in [-0.39, 0.29) is 24.1 Å². The third-order valence-corrected chi connectivity index (χ3v) is 4.70. The van der Waals surface area contributed by atoms with E-state index < -0.39 is 6.04 Å². The Morgan fingerprint density at radius 3 is 2.79 bits per heavy atom. The lowest BCUT2D eigenvalue weighted by Crippen LogP contribution is -2.52. The van der Waals surface area contributed by atoms with Crippen molar-refractivity contribution in [3.63, 3.8) is 0 Å². The normalized spacial score (nSPS) is 20.1. The summed E-state index contributed by atoms with van der Waals surface area (Å²) in [5, 5.41) is 2.31. The Morgan fingerprint density at radius 2 is 2.04 bits per heavy atom. The van der Waals surface area contributed by atoms with Gasteiger partial charge in [0, 0.05) is 24.9 Å². The Balaban J connectivity index is 1.76. The second-order valence-corrected chi connectivity index (χ2v) is 6.26. The first-order chi connectivity index (χ1) is 11.6. The number of nitrogens with zero attached hydrogens (tertiary/aromatic N) is 1. The number of unbranched alkanes of at least 4 members (excludes halogenated alkanes) is 2. The monoisotopic (exact) mass is 328 g/mol. The van der Waals surface area contributed by atoms with Crippen LogP contribution in [-0.4, -0.2) is 34.9 Å². The van der Waals surface area contributed by atoms with Crippen LogP contribution in [0.5, 0.6) is 0 Å². The molecule has 3 rings (SSSR count). The van der Waals surface area contributed by atoms with Crippen molar-refractivity contribution in [3.05, 3.63) is 34.9 Å². The molecule has 0 aliphatic carbocycles. The Hall–Kier alpha value is -2.50. The van der Waals surface area contributed by atoms with Crippen LogP contribution in [0.1, 0.15) is 53.6 Å². The third kappa shape index (κ3) is 3.09. The predicted molar refractivity (Wildman–Crippen MR) is 86.1 cm³/mol. The molecule has 0 saturated carbocycles. The van der Waals surface area contributed by atoms with E-state index in [1.165, 1.54) is 0 Å². The second-order valence-electron chi connectivity index (χ2n) is 6.26. The van der Waals surface area contributed by atoms with Crippen LogP contribution < -0.4 is 5.32 Å². The number of imide groups is 1. The number of carbonyl (C=O) groups excluding carboxylic acids is 4. The number of hydrogen-bond acceptors (Lipinski definition) is 4. The SMILES string of the molecule is O=CCCCCc1cccc2c1CN(C1CCC(=O)NC1=O)C2=O. The molecule has 3 amide bonds. The number of rotatable bonds is 6. The van der Waals surface area contributed by atoms with Crippen LogP contribution in [0.15, 0.2) is 18.2 Å². The van der Waals surface area contributed by atoms with Gasteiger partial charge in [0.15, 0.2) is 0 Å².